The maximum atomic E-state index is 12.3. The molecule has 4 aromatic rings. The molecule has 0 aliphatic carbocycles. The molecule has 5 rings (SSSR count). The number of carbonyl (C=O) groups is 1. The molecule has 9 nitrogen and oxygen atoms in total. The van der Waals surface area contributed by atoms with Crippen molar-refractivity contribution in [3.8, 4) is 17.3 Å². The summed E-state index contributed by atoms with van der Waals surface area (Å²) < 4.78 is 0. The maximum Gasteiger partial charge on any atom is 0.247 e. The number of fused-ring (bicyclic) bond motifs is 1. The van der Waals surface area contributed by atoms with Crippen molar-refractivity contribution < 1.29 is 4.79 Å². The summed E-state index contributed by atoms with van der Waals surface area (Å²) in [6.07, 6.45) is 6.76. The van der Waals surface area contributed by atoms with Crippen molar-refractivity contribution in [2.45, 2.75) is 18.9 Å². The number of piperidine rings is 1. The van der Waals surface area contributed by atoms with Gasteiger partial charge in [-0.25, -0.2) is 9.97 Å². The molecule has 0 spiro atoms. The van der Waals surface area contributed by atoms with Gasteiger partial charge in [-0.1, -0.05) is 24.8 Å². The summed E-state index contributed by atoms with van der Waals surface area (Å²) in [5, 5.41) is 16.8. The van der Waals surface area contributed by atoms with Crippen LogP contribution in [0.5, 0.6) is 0 Å². The number of nitrogens with one attached hydrogen (secondary N) is 3. The molecule has 2 aromatic heterocycles. The summed E-state index contributed by atoms with van der Waals surface area (Å²) in [5.41, 5.74) is 4.95. The molecule has 192 valence electrons. The van der Waals surface area contributed by atoms with Crippen LogP contribution in [0.4, 0.5) is 23.0 Å². The predicted molar refractivity (Wildman–Crippen MR) is 152 cm³/mol. The minimum absolute atomic E-state index is 0.309. The lowest BCUT2D eigenvalue weighted by Crippen LogP contribution is -2.42. The number of amides is 1. The Hall–Kier alpha value is -4.68. The third-order valence-electron chi connectivity index (χ3n) is 7.01. The third-order valence-corrected chi connectivity index (χ3v) is 7.01. The number of aromatic amines is 1. The fraction of sp³-hybridized carbons (Fsp3) is 0.241. The topological polar surface area (TPSA) is 113 Å². The van der Waals surface area contributed by atoms with Crippen molar-refractivity contribution in [1.82, 2.24) is 19.9 Å². The van der Waals surface area contributed by atoms with E-state index in [9.17, 15) is 10.1 Å². The van der Waals surface area contributed by atoms with Gasteiger partial charge in [0.25, 0.3) is 0 Å². The zero-order chi connectivity index (χ0) is 26.6. The fourth-order valence-electron chi connectivity index (χ4n) is 4.88. The number of hydrogen-bond donors (Lipinski definition) is 3. The van der Waals surface area contributed by atoms with Gasteiger partial charge >= 0.3 is 0 Å². The lowest BCUT2D eigenvalue weighted by molar-refractivity contribution is -0.111. The first-order chi connectivity index (χ1) is 18.5. The maximum absolute atomic E-state index is 12.3. The number of nitriles is 1. The van der Waals surface area contributed by atoms with Crippen molar-refractivity contribution in [1.29, 1.82) is 5.26 Å². The van der Waals surface area contributed by atoms with Crippen LogP contribution in [-0.2, 0) is 4.79 Å². The number of hydrogen-bond acceptors (Lipinski definition) is 7. The Morgan fingerprint density at radius 2 is 2.00 bits per heavy atom. The molecule has 0 saturated carbocycles. The number of nitrogens with zero attached hydrogens (tertiary/aromatic N) is 5. The lowest BCUT2D eigenvalue weighted by Gasteiger charge is -2.36. The summed E-state index contributed by atoms with van der Waals surface area (Å²) in [4.78, 5) is 29.2. The second kappa shape index (κ2) is 10.7. The minimum Gasteiger partial charge on any atom is -0.371 e. The number of H-pyrrole nitrogens is 1. The molecular weight excluding hydrogens is 476 g/mol. The highest BCUT2D eigenvalue weighted by molar-refractivity contribution is 6.02. The zero-order valence-electron chi connectivity index (χ0n) is 21.5. The molecule has 9 heteroatoms. The van der Waals surface area contributed by atoms with E-state index in [0.29, 0.717) is 34.6 Å². The average Bonchev–Trinajstić information content (AvgIpc) is 3.38. The monoisotopic (exact) mass is 506 g/mol. The number of aromatic nitrogens is 3. The molecule has 1 aliphatic rings. The van der Waals surface area contributed by atoms with Gasteiger partial charge in [0.2, 0.25) is 11.9 Å². The Morgan fingerprint density at radius 1 is 1.21 bits per heavy atom. The van der Waals surface area contributed by atoms with Gasteiger partial charge in [0, 0.05) is 47.5 Å². The molecule has 38 heavy (non-hydrogen) atoms. The largest absolute Gasteiger partial charge is 0.371 e. The smallest absolute Gasteiger partial charge is 0.247 e. The quantitative estimate of drug-likeness (QED) is 0.306. The van der Waals surface area contributed by atoms with Crippen molar-refractivity contribution in [3.05, 3.63) is 73.1 Å². The Kier molecular flexibility index (Phi) is 7.07. The number of rotatable bonds is 7. The van der Waals surface area contributed by atoms with Crippen LogP contribution in [0.15, 0.2) is 67.5 Å². The van der Waals surface area contributed by atoms with E-state index in [2.05, 4.69) is 57.1 Å². The number of para-hydroxylation sites is 1. The van der Waals surface area contributed by atoms with E-state index < -0.39 is 0 Å². The molecule has 2 aromatic carbocycles. The van der Waals surface area contributed by atoms with Crippen LogP contribution in [-0.4, -0.2) is 59.0 Å². The van der Waals surface area contributed by atoms with Crippen LogP contribution in [0.25, 0.3) is 22.2 Å². The molecule has 0 radical (unpaired) electrons. The number of anilines is 4. The summed E-state index contributed by atoms with van der Waals surface area (Å²) in [5.74, 6) is 0.00896. The second-order valence-corrected chi connectivity index (χ2v) is 9.55. The predicted octanol–water partition coefficient (Wildman–Crippen LogP) is 4.90. The van der Waals surface area contributed by atoms with Gasteiger partial charge in [-0.3, -0.25) is 4.79 Å². The first-order valence-electron chi connectivity index (χ1n) is 12.6. The van der Waals surface area contributed by atoms with Crippen LogP contribution in [0, 0.1) is 11.3 Å². The SMILES string of the molecule is C=CC(=O)Nc1cc(N2CCC(N(C)C)CC2)ccc1Nc1ncc(C#N)c(-c2c[nH]c3ccccc23)n1. The van der Waals surface area contributed by atoms with Gasteiger partial charge in [-0.05, 0) is 57.3 Å². The minimum atomic E-state index is -0.309. The average molecular weight is 507 g/mol. The normalized spacial score (nSPS) is 13.9. The molecule has 1 amide bonds. The Labute approximate surface area is 221 Å². The van der Waals surface area contributed by atoms with Crippen molar-refractivity contribution in [2.24, 2.45) is 0 Å². The Balaban J connectivity index is 1.46. The molecule has 3 heterocycles. The second-order valence-electron chi connectivity index (χ2n) is 9.55. The highest BCUT2D eigenvalue weighted by Crippen LogP contribution is 2.33. The summed E-state index contributed by atoms with van der Waals surface area (Å²) in [7, 11) is 4.25. The van der Waals surface area contributed by atoms with Crippen LogP contribution in [0.1, 0.15) is 18.4 Å². The van der Waals surface area contributed by atoms with E-state index in [1.54, 1.807) is 0 Å². The van der Waals surface area contributed by atoms with E-state index in [-0.39, 0.29) is 5.91 Å². The molecule has 1 aliphatic heterocycles. The van der Waals surface area contributed by atoms with E-state index in [1.165, 1.54) is 12.3 Å². The van der Waals surface area contributed by atoms with E-state index in [0.717, 1.165) is 48.1 Å². The van der Waals surface area contributed by atoms with Crippen molar-refractivity contribution in [3.63, 3.8) is 0 Å². The van der Waals surface area contributed by atoms with E-state index in [1.807, 2.05) is 48.7 Å². The van der Waals surface area contributed by atoms with Gasteiger partial charge in [0.05, 0.1) is 28.8 Å². The number of carbonyl (C=O) groups excluding carboxylic acids is 1. The van der Waals surface area contributed by atoms with Gasteiger partial charge in [-0.15, -0.1) is 0 Å². The zero-order valence-corrected chi connectivity index (χ0v) is 21.5. The highest BCUT2D eigenvalue weighted by atomic mass is 16.1. The summed E-state index contributed by atoms with van der Waals surface area (Å²) in [6, 6.07) is 16.5. The fourth-order valence-corrected chi connectivity index (χ4v) is 4.88. The van der Waals surface area contributed by atoms with E-state index in [4.69, 9.17) is 4.98 Å². The van der Waals surface area contributed by atoms with Gasteiger partial charge < -0.3 is 25.4 Å². The standard InChI is InChI=1S/C29H30N8O/c1-4-27(38)33-26-15-21(37-13-11-20(12-14-37)36(2)3)9-10-25(26)34-29-32-17-19(16-30)28(35-29)23-18-31-24-8-6-5-7-22(23)24/h4-10,15,17-18,20,31H,1,11-14H2,2-3H3,(H,33,38)(H,32,34,35). The summed E-state index contributed by atoms with van der Waals surface area (Å²) >= 11 is 0. The van der Waals surface area contributed by atoms with Crippen LogP contribution >= 0.6 is 0 Å². The van der Waals surface area contributed by atoms with Gasteiger partial charge in [0.1, 0.15) is 6.07 Å². The Bertz CT molecular complexity index is 1530. The lowest BCUT2D eigenvalue weighted by atomic mass is 10.0. The number of benzene rings is 2. The first-order valence-corrected chi connectivity index (χ1v) is 12.6. The van der Waals surface area contributed by atoms with Crippen LogP contribution in [0.3, 0.4) is 0 Å². The van der Waals surface area contributed by atoms with Crippen LogP contribution in [0.2, 0.25) is 0 Å². The van der Waals surface area contributed by atoms with Gasteiger partial charge in [-0.2, -0.15) is 5.26 Å². The first kappa shape index (κ1) is 25.0. The van der Waals surface area contributed by atoms with E-state index >= 15 is 0 Å². The van der Waals surface area contributed by atoms with Gasteiger partial charge in [0.15, 0.2) is 0 Å². The van der Waals surface area contributed by atoms with Crippen molar-refractivity contribution in [2.75, 3.05) is 42.7 Å². The molecule has 0 bridgehead atoms. The molecular formula is C29H30N8O. The van der Waals surface area contributed by atoms with Crippen LogP contribution < -0.4 is 15.5 Å². The molecule has 3 N–H and O–H groups in total. The summed E-state index contributed by atoms with van der Waals surface area (Å²) in [6.45, 7) is 5.47. The highest BCUT2D eigenvalue weighted by Gasteiger charge is 2.22. The molecule has 0 atom stereocenters. The molecule has 1 fully saturated rings. The Morgan fingerprint density at radius 3 is 2.74 bits per heavy atom. The van der Waals surface area contributed by atoms with Crippen molar-refractivity contribution >= 4 is 39.8 Å². The molecule has 0 unspecified atom stereocenters. The molecule has 1 saturated heterocycles. The third kappa shape index (κ3) is 5.08.